The summed E-state index contributed by atoms with van der Waals surface area (Å²) in [6, 6.07) is 5.20. The van der Waals surface area contributed by atoms with Gasteiger partial charge in [-0.05, 0) is 45.9 Å². The quantitative estimate of drug-likeness (QED) is 0.597. The number of phenolic OH excluding ortho intramolecular Hbond substituents is 1. The van der Waals surface area contributed by atoms with E-state index < -0.39 is 17.8 Å². The van der Waals surface area contributed by atoms with Crippen LogP contribution < -0.4 is 9.47 Å². The van der Waals surface area contributed by atoms with Gasteiger partial charge in [-0.1, -0.05) is 22.5 Å². The molecule has 0 saturated carbocycles. The van der Waals surface area contributed by atoms with E-state index >= 15 is 4.39 Å². The lowest BCUT2D eigenvalue weighted by molar-refractivity contribution is -0.0876. The topological polar surface area (TPSA) is 106 Å². The Kier molecular flexibility index (Phi) is 5.20. The van der Waals surface area contributed by atoms with Crippen LogP contribution in [-0.2, 0) is 0 Å². The van der Waals surface area contributed by atoms with E-state index in [0.29, 0.717) is 33.6 Å². The van der Waals surface area contributed by atoms with Gasteiger partial charge in [0.05, 0.1) is 18.2 Å². The number of phenols is 1. The molecule has 2 bridgehead atoms. The Morgan fingerprint density at radius 2 is 2.03 bits per heavy atom. The van der Waals surface area contributed by atoms with E-state index in [-0.39, 0.29) is 17.3 Å². The molecule has 1 N–H and O–H groups in total. The van der Waals surface area contributed by atoms with Crippen LogP contribution in [0.5, 0.6) is 17.0 Å². The summed E-state index contributed by atoms with van der Waals surface area (Å²) in [7, 11) is 3.47. The van der Waals surface area contributed by atoms with Crippen LogP contribution in [0.1, 0.15) is 33.1 Å². The van der Waals surface area contributed by atoms with Crippen LogP contribution in [0.3, 0.4) is 0 Å². The number of methoxy groups -OCH3 is 1. The van der Waals surface area contributed by atoms with Gasteiger partial charge in [-0.15, -0.1) is 5.10 Å². The molecule has 3 aromatic rings. The van der Waals surface area contributed by atoms with E-state index in [0.717, 1.165) is 12.8 Å². The zero-order chi connectivity index (χ0) is 23.4. The third-order valence-corrected chi connectivity index (χ3v) is 8.03. The van der Waals surface area contributed by atoms with Gasteiger partial charge >= 0.3 is 6.01 Å². The monoisotopic (exact) mass is 472 g/mol. The molecule has 4 heterocycles. The fraction of sp³-hybridized carbons (Fsp3) is 0.500. The van der Waals surface area contributed by atoms with Crippen molar-refractivity contribution in [2.24, 2.45) is 0 Å². The van der Waals surface area contributed by atoms with E-state index in [2.05, 4.69) is 37.0 Å². The number of hydrogen-bond donors (Lipinski definition) is 1. The molecule has 0 amide bonds. The van der Waals surface area contributed by atoms with Crippen LogP contribution in [0.4, 0.5) is 4.39 Å². The number of ether oxygens (including phenoxy) is 2. The number of benzene rings is 1. The third kappa shape index (κ3) is 3.59. The number of piperidine rings is 1. The molecule has 1 aromatic carbocycles. The number of alkyl halides is 1. The number of hydrogen-bond acceptors (Lipinski definition) is 10. The molecule has 11 heteroatoms. The largest absolute Gasteiger partial charge is 0.507 e. The molecule has 0 unspecified atom stereocenters. The highest BCUT2D eigenvalue weighted by molar-refractivity contribution is 7.16. The van der Waals surface area contributed by atoms with E-state index in [1.54, 1.807) is 18.2 Å². The summed E-state index contributed by atoms with van der Waals surface area (Å²) in [5.41, 5.74) is 0.450. The number of halogens is 1. The first-order valence-electron chi connectivity index (χ1n) is 10.7. The van der Waals surface area contributed by atoms with Crippen LogP contribution in [0.15, 0.2) is 24.5 Å². The molecule has 0 spiro atoms. The highest BCUT2D eigenvalue weighted by Gasteiger charge is 2.60. The van der Waals surface area contributed by atoms with E-state index in [1.807, 2.05) is 14.0 Å². The van der Waals surface area contributed by atoms with Crippen LogP contribution in [-0.4, -0.2) is 72.7 Å². The average molecular weight is 473 g/mol. The number of rotatable bonds is 5. The van der Waals surface area contributed by atoms with Crippen molar-refractivity contribution in [1.82, 2.24) is 30.0 Å². The normalized spacial score (nSPS) is 29.2. The molecule has 4 atom stereocenters. The molecule has 2 fully saturated rings. The summed E-state index contributed by atoms with van der Waals surface area (Å²) in [4.78, 5) is 14.3. The number of fused-ring (bicyclic) bond motifs is 2. The van der Waals surface area contributed by atoms with Crippen molar-refractivity contribution in [3.8, 4) is 38.9 Å². The number of aromatic hydroxyl groups is 1. The van der Waals surface area contributed by atoms with Crippen LogP contribution in [0.2, 0.25) is 0 Å². The van der Waals surface area contributed by atoms with Crippen LogP contribution in [0.25, 0.3) is 22.0 Å². The molecule has 2 saturated heterocycles. The van der Waals surface area contributed by atoms with Crippen molar-refractivity contribution in [2.75, 3.05) is 14.2 Å². The molecule has 0 aliphatic carbocycles. The predicted octanol–water partition coefficient (Wildman–Crippen LogP) is 3.50. The summed E-state index contributed by atoms with van der Waals surface area (Å²) in [6.07, 6.45) is 1.95. The Morgan fingerprint density at radius 3 is 2.79 bits per heavy atom. The van der Waals surface area contributed by atoms with Gasteiger partial charge in [-0.2, -0.15) is 9.97 Å². The summed E-state index contributed by atoms with van der Waals surface area (Å²) in [6.45, 7) is 4.12. The second-order valence-corrected chi connectivity index (χ2v) is 10.0. The molecule has 174 valence electrons. The minimum absolute atomic E-state index is 0.00435. The van der Waals surface area contributed by atoms with Gasteiger partial charge in [0, 0.05) is 17.5 Å². The van der Waals surface area contributed by atoms with Crippen LogP contribution >= 0.6 is 11.3 Å². The Labute approximate surface area is 194 Å². The van der Waals surface area contributed by atoms with Gasteiger partial charge in [0.15, 0.2) is 17.0 Å². The summed E-state index contributed by atoms with van der Waals surface area (Å²) in [5.74, 6) is 0.369. The van der Waals surface area contributed by atoms with Gasteiger partial charge in [-0.3, -0.25) is 4.90 Å². The Balaban J connectivity index is 1.36. The second-order valence-electron chi connectivity index (χ2n) is 9.08. The van der Waals surface area contributed by atoms with Crippen molar-refractivity contribution in [3.05, 3.63) is 24.5 Å². The molecule has 5 rings (SSSR count). The first kappa shape index (κ1) is 21.9. The van der Waals surface area contributed by atoms with E-state index in [1.165, 1.54) is 24.8 Å². The number of aromatic nitrogens is 5. The van der Waals surface area contributed by atoms with Crippen molar-refractivity contribution in [3.63, 3.8) is 0 Å². The number of nitrogens with zero attached hydrogens (tertiary/aromatic N) is 6. The van der Waals surface area contributed by atoms with E-state index in [9.17, 15) is 5.11 Å². The summed E-state index contributed by atoms with van der Waals surface area (Å²) < 4.78 is 26.4. The Hall–Kier alpha value is -2.92. The Bertz CT molecular complexity index is 1190. The van der Waals surface area contributed by atoms with Gasteiger partial charge in [0.1, 0.15) is 18.2 Å². The van der Waals surface area contributed by atoms with E-state index in [4.69, 9.17) is 9.47 Å². The maximum absolute atomic E-state index is 15.4. The maximum atomic E-state index is 15.4. The zero-order valence-corrected chi connectivity index (χ0v) is 19.6. The fourth-order valence-electron chi connectivity index (χ4n) is 4.94. The maximum Gasteiger partial charge on any atom is 0.319 e. The molecule has 2 aliphatic rings. The molecule has 2 aliphatic heterocycles. The highest BCUT2D eigenvalue weighted by Crippen LogP contribution is 2.51. The van der Waals surface area contributed by atoms with Crippen molar-refractivity contribution < 1.29 is 19.0 Å². The minimum atomic E-state index is -1.13. The first-order chi connectivity index (χ1) is 15.7. The van der Waals surface area contributed by atoms with Crippen molar-refractivity contribution in [2.45, 2.75) is 56.5 Å². The third-order valence-electron chi connectivity index (χ3n) is 7.18. The highest BCUT2D eigenvalue weighted by atomic mass is 32.1. The zero-order valence-electron chi connectivity index (χ0n) is 18.8. The lowest BCUT2D eigenvalue weighted by Gasteiger charge is -2.50. The summed E-state index contributed by atoms with van der Waals surface area (Å²) >= 11 is 1.18. The van der Waals surface area contributed by atoms with Crippen molar-refractivity contribution >= 4 is 11.3 Å². The van der Waals surface area contributed by atoms with Crippen molar-refractivity contribution in [1.29, 1.82) is 0 Å². The van der Waals surface area contributed by atoms with Crippen LogP contribution in [0, 0.1) is 0 Å². The molecule has 9 nitrogen and oxygen atoms in total. The van der Waals surface area contributed by atoms with Gasteiger partial charge in [0.25, 0.3) is 5.19 Å². The lowest BCUT2D eigenvalue weighted by Crippen LogP contribution is -2.63. The second kappa shape index (κ2) is 7.84. The molecule has 0 radical (unpaired) electrons. The average Bonchev–Trinajstić information content (AvgIpc) is 3.34. The standard InChI is InChI=1S/C22H25FN6O3S/c1-21-7-8-22(2,29(21)3)16(23)15(10-21)32-20-28-27-18(33-20)13-6-5-12(9-14(13)30)17-24-11-25-19(26-17)31-4/h5-6,9,11,15-16,30H,7-8,10H2,1-4H3/t15-,16-,21-,22+/m0/s1. The molecular formula is C22H25FN6O3S. The van der Waals surface area contributed by atoms with Gasteiger partial charge in [0.2, 0.25) is 0 Å². The first-order valence-corrected chi connectivity index (χ1v) is 11.5. The predicted molar refractivity (Wildman–Crippen MR) is 120 cm³/mol. The smallest absolute Gasteiger partial charge is 0.319 e. The molecule has 2 aromatic heterocycles. The van der Waals surface area contributed by atoms with Gasteiger partial charge in [-0.25, -0.2) is 9.37 Å². The Morgan fingerprint density at radius 1 is 1.21 bits per heavy atom. The minimum Gasteiger partial charge on any atom is -0.507 e. The molecule has 33 heavy (non-hydrogen) atoms. The molecular weight excluding hydrogens is 447 g/mol. The SMILES string of the molecule is COc1ncnc(-c2ccc(-c3nnc(O[C@H]4C[C@]5(C)CC[C@](C)([C@H]4F)N5C)s3)c(O)c2)n1. The summed E-state index contributed by atoms with van der Waals surface area (Å²) in [5, 5.41) is 19.6. The van der Waals surface area contributed by atoms with Gasteiger partial charge < -0.3 is 14.6 Å². The fourth-order valence-corrected chi connectivity index (χ4v) is 5.72. The lowest BCUT2D eigenvalue weighted by atomic mass is 9.82.